The number of nitrogens with zero attached hydrogens (tertiary/aromatic N) is 4. The molecule has 2 aliphatic rings. The standard InChI is InChI=1S/C11H19N5O3S/c1-20(17,18)16-6-4-15(5-7-16)11-14-13-10(19-11)8-12-9-2-3-9/h9,12H,2-8H2,1H3. The van der Waals surface area contributed by atoms with Gasteiger partial charge in [-0.1, -0.05) is 5.10 Å². The molecule has 1 aliphatic heterocycles. The van der Waals surface area contributed by atoms with Crippen LogP contribution in [0.25, 0.3) is 0 Å². The van der Waals surface area contributed by atoms with Gasteiger partial charge in [-0.25, -0.2) is 8.42 Å². The molecule has 1 saturated carbocycles. The average molecular weight is 301 g/mol. The summed E-state index contributed by atoms with van der Waals surface area (Å²) >= 11 is 0. The Hall–Kier alpha value is -1.19. The van der Waals surface area contributed by atoms with E-state index in [9.17, 15) is 8.42 Å². The molecule has 0 spiro atoms. The van der Waals surface area contributed by atoms with E-state index < -0.39 is 10.0 Å². The van der Waals surface area contributed by atoms with Crippen LogP contribution >= 0.6 is 0 Å². The van der Waals surface area contributed by atoms with Gasteiger partial charge in [0.25, 0.3) is 0 Å². The molecular formula is C11H19N5O3S. The Morgan fingerprint density at radius 2 is 1.95 bits per heavy atom. The minimum Gasteiger partial charge on any atom is -0.407 e. The van der Waals surface area contributed by atoms with Gasteiger partial charge in [-0.05, 0) is 12.8 Å². The lowest BCUT2D eigenvalue weighted by atomic mass is 10.4. The molecule has 1 aliphatic carbocycles. The van der Waals surface area contributed by atoms with E-state index in [4.69, 9.17) is 4.42 Å². The molecule has 0 atom stereocenters. The molecule has 1 aromatic heterocycles. The monoisotopic (exact) mass is 301 g/mol. The van der Waals surface area contributed by atoms with Gasteiger partial charge in [0.1, 0.15) is 0 Å². The molecule has 0 unspecified atom stereocenters. The summed E-state index contributed by atoms with van der Waals surface area (Å²) in [6.07, 6.45) is 3.67. The van der Waals surface area contributed by atoms with Gasteiger partial charge in [0.15, 0.2) is 0 Å². The van der Waals surface area contributed by atoms with Crippen LogP contribution in [0.5, 0.6) is 0 Å². The molecule has 0 bridgehead atoms. The van der Waals surface area contributed by atoms with Crippen LogP contribution in [0.3, 0.4) is 0 Å². The third-order valence-electron chi connectivity index (χ3n) is 3.55. The second-order valence-electron chi connectivity index (χ2n) is 5.28. The van der Waals surface area contributed by atoms with Crippen LogP contribution < -0.4 is 10.2 Å². The predicted molar refractivity (Wildman–Crippen MR) is 72.8 cm³/mol. The number of anilines is 1. The van der Waals surface area contributed by atoms with Crippen LogP contribution in [0, 0.1) is 0 Å². The molecule has 0 radical (unpaired) electrons. The molecule has 8 nitrogen and oxygen atoms in total. The highest BCUT2D eigenvalue weighted by atomic mass is 32.2. The smallest absolute Gasteiger partial charge is 0.318 e. The zero-order chi connectivity index (χ0) is 14.2. The summed E-state index contributed by atoms with van der Waals surface area (Å²) < 4.78 is 29.9. The highest BCUT2D eigenvalue weighted by Crippen LogP contribution is 2.20. The third kappa shape index (κ3) is 3.28. The van der Waals surface area contributed by atoms with Crippen LogP contribution in [0.2, 0.25) is 0 Å². The fourth-order valence-electron chi connectivity index (χ4n) is 2.17. The quantitative estimate of drug-likeness (QED) is 0.776. The van der Waals surface area contributed by atoms with Crippen molar-refractivity contribution in [2.45, 2.75) is 25.4 Å². The molecule has 2 heterocycles. The van der Waals surface area contributed by atoms with Crippen molar-refractivity contribution < 1.29 is 12.8 Å². The zero-order valence-electron chi connectivity index (χ0n) is 11.4. The van der Waals surface area contributed by atoms with Crippen molar-refractivity contribution in [3.05, 3.63) is 5.89 Å². The van der Waals surface area contributed by atoms with Crippen LogP contribution in [0.15, 0.2) is 4.42 Å². The summed E-state index contributed by atoms with van der Waals surface area (Å²) in [6, 6.07) is 1.08. The van der Waals surface area contributed by atoms with Crippen molar-refractivity contribution >= 4 is 16.0 Å². The second kappa shape index (κ2) is 5.30. The van der Waals surface area contributed by atoms with E-state index in [1.165, 1.54) is 23.4 Å². The fourth-order valence-corrected chi connectivity index (χ4v) is 3.00. The first kappa shape index (κ1) is 13.8. The normalized spacial score (nSPS) is 21.4. The first-order valence-corrected chi connectivity index (χ1v) is 8.63. The number of hydrogen-bond acceptors (Lipinski definition) is 7. The van der Waals surface area contributed by atoms with E-state index in [2.05, 4.69) is 15.5 Å². The maximum absolute atomic E-state index is 11.4. The van der Waals surface area contributed by atoms with Gasteiger partial charge in [0, 0.05) is 32.2 Å². The Morgan fingerprint density at radius 1 is 1.25 bits per heavy atom. The van der Waals surface area contributed by atoms with E-state index in [1.54, 1.807) is 0 Å². The highest BCUT2D eigenvalue weighted by molar-refractivity contribution is 7.88. The Morgan fingerprint density at radius 3 is 2.55 bits per heavy atom. The minimum atomic E-state index is -3.11. The molecule has 1 saturated heterocycles. The fraction of sp³-hybridized carbons (Fsp3) is 0.818. The zero-order valence-corrected chi connectivity index (χ0v) is 12.3. The SMILES string of the molecule is CS(=O)(=O)N1CCN(c2nnc(CNC3CC3)o2)CC1. The molecular weight excluding hydrogens is 282 g/mol. The molecule has 1 aromatic rings. The molecule has 3 rings (SSSR count). The van der Waals surface area contributed by atoms with Gasteiger partial charge < -0.3 is 14.6 Å². The highest BCUT2D eigenvalue weighted by Gasteiger charge is 2.26. The molecule has 112 valence electrons. The van der Waals surface area contributed by atoms with E-state index in [0.29, 0.717) is 50.7 Å². The number of nitrogens with one attached hydrogen (secondary N) is 1. The molecule has 20 heavy (non-hydrogen) atoms. The predicted octanol–water partition coefficient (Wildman–Crippen LogP) is -0.597. The van der Waals surface area contributed by atoms with E-state index >= 15 is 0 Å². The average Bonchev–Trinajstić information content (AvgIpc) is 3.13. The number of hydrogen-bond donors (Lipinski definition) is 1. The number of rotatable bonds is 5. The van der Waals surface area contributed by atoms with Crippen molar-refractivity contribution in [1.29, 1.82) is 0 Å². The summed E-state index contributed by atoms with van der Waals surface area (Å²) in [6.45, 7) is 2.66. The number of piperazine rings is 1. The minimum absolute atomic E-state index is 0.455. The summed E-state index contributed by atoms with van der Waals surface area (Å²) in [5.74, 6) is 0.581. The van der Waals surface area contributed by atoms with Gasteiger partial charge >= 0.3 is 6.01 Å². The van der Waals surface area contributed by atoms with Crippen LogP contribution in [-0.4, -0.2) is 61.4 Å². The molecule has 0 aromatic carbocycles. The Kier molecular flexibility index (Phi) is 3.65. The van der Waals surface area contributed by atoms with Crippen LogP contribution in [0.4, 0.5) is 6.01 Å². The Bertz CT molecular complexity index is 560. The van der Waals surface area contributed by atoms with Gasteiger partial charge in [0.2, 0.25) is 15.9 Å². The maximum atomic E-state index is 11.4. The molecule has 0 amide bonds. The van der Waals surface area contributed by atoms with Gasteiger partial charge in [-0.3, -0.25) is 0 Å². The van der Waals surface area contributed by atoms with Crippen molar-refractivity contribution in [2.75, 3.05) is 37.3 Å². The lowest BCUT2D eigenvalue weighted by Gasteiger charge is -2.31. The summed E-state index contributed by atoms with van der Waals surface area (Å²) in [7, 11) is -3.11. The van der Waals surface area contributed by atoms with E-state index in [-0.39, 0.29) is 0 Å². The first-order valence-electron chi connectivity index (χ1n) is 6.78. The van der Waals surface area contributed by atoms with E-state index in [0.717, 1.165) is 0 Å². The first-order chi connectivity index (χ1) is 9.52. The molecule has 9 heteroatoms. The van der Waals surface area contributed by atoms with Crippen LogP contribution in [0.1, 0.15) is 18.7 Å². The van der Waals surface area contributed by atoms with Gasteiger partial charge in [-0.2, -0.15) is 4.31 Å². The van der Waals surface area contributed by atoms with Crippen molar-refractivity contribution in [1.82, 2.24) is 19.8 Å². The van der Waals surface area contributed by atoms with Crippen LogP contribution in [-0.2, 0) is 16.6 Å². The third-order valence-corrected chi connectivity index (χ3v) is 4.86. The largest absolute Gasteiger partial charge is 0.407 e. The van der Waals surface area contributed by atoms with Gasteiger partial charge in [0.05, 0.1) is 12.8 Å². The topological polar surface area (TPSA) is 91.6 Å². The number of sulfonamides is 1. The molecule has 2 fully saturated rings. The molecule has 1 N–H and O–H groups in total. The lowest BCUT2D eigenvalue weighted by molar-refractivity contribution is 0.370. The summed E-state index contributed by atoms with van der Waals surface area (Å²) in [5.41, 5.74) is 0. The summed E-state index contributed by atoms with van der Waals surface area (Å²) in [5, 5.41) is 11.3. The van der Waals surface area contributed by atoms with Crippen molar-refractivity contribution in [3.63, 3.8) is 0 Å². The number of aromatic nitrogens is 2. The Balaban J connectivity index is 1.54. The Labute approximate surface area is 118 Å². The van der Waals surface area contributed by atoms with E-state index in [1.807, 2.05) is 4.90 Å². The van der Waals surface area contributed by atoms with Crippen molar-refractivity contribution in [3.8, 4) is 0 Å². The second-order valence-corrected chi connectivity index (χ2v) is 7.27. The van der Waals surface area contributed by atoms with Gasteiger partial charge in [-0.15, -0.1) is 5.10 Å². The lowest BCUT2D eigenvalue weighted by Crippen LogP contribution is -2.48. The summed E-state index contributed by atoms with van der Waals surface area (Å²) in [4.78, 5) is 1.93. The van der Waals surface area contributed by atoms with Crippen molar-refractivity contribution in [2.24, 2.45) is 0 Å². The maximum Gasteiger partial charge on any atom is 0.318 e.